The van der Waals surface area contributed by atoms with Gasteiger partial charge in [0.25, 0.3) is 11.5 Å². The number of nitrogens with one attached hydrogen (secondary N) is 2. The van der Waals surface area contributed by atoms with E-state index in [1.54, 1.807) is 53.2 Å². The van der Waals surface area contributed by atoms with Gasteiger partial charge in [0.15, 0.2) is 17.3 Å². The van der Waals surface area contributed by atoms with E-state index in [0.29, 0.717) is 28.8 Å². The first kappa shape index (κ1) is 24.3. The van der Waals surface area contributed by atoms with E-state index in [1.165, 1.54) is 13.2 Å². The van der Waals surface area contributed by atoms with Crippen LogP contribution in [0.4, 0.5) is 0 Å². The molecule has 1 aromatic heterocycles. The number of carbonyl (C=O) groups is 1. The summed E-state index contributed by atoms with van der Waals surface area (Å²) in [6.45, 7) is 0.583. The minimum absolute atomic E-state index is 0.0243. The summed E-state index contributed by atoms with van der Waals surface area (Å²) in [6.07, 6.45) is 1.73. The molecule has 0 bridgehead atoms. The minimum Gasteiger partial charge on any atom is -0.504 e. The summed E-state index contributed by atoms with van der Waals surface area (Å²) >= 11 is 0. The molecule has 0 saturated carbocycles. The number of nitrogens with two attached hydrogens (primary N) is 2. The molecule has 0 spiro atoms. The Labute approximate surface area is 206 Å². The van der Waals surface area contributed by atoms with E-state index in [9.17, 15) is 14.7 Å². The number of amidine groups is 1. The molecular weight excluding hydrogens is 460 g/mol. The van der Waals surface area contributed by atoms with Crippen molar-refractivity contribution >= 4 is 22.5 Å². The molecule has 0 aliphatic rings. The van der Waals surface area contributed by atoms with Crippen molar-refractivity contribution in [2.45, 2.75) is 13.1 Å². The average Bonchev–Trinajstić information content (AvgIpc) is 2.90. The molecule has 4 rings (SSSR count). The lowest BCUT2D eigenvalue weighted by Crippen LogP contribution is -2.24. The van der Waals surface area contributed by atoms with Crippen LogP contribution in [-0.4, -0.2) is 28.5 Å². The first-order valence-electron chi connectivity index (χ1n) is 11.0. The summed E-state index contributed by atoms with van der Waals surface area (Å²) in [5.74, 6) is 5.44. The fourth-order valence-corrected chi connectivity index (χ4v) is 3.77. The zero-order valence-corrected chi connectivity index (χ0v) is 19.6. The molecule has 0 saturated heterocycles. The molecule has 184 valence electrons. The van der Waals surface area contributed by atoms with Gasteiger partial charge in [-0.05, 0) is 46.8 Å². The molecule has 0 fully saturated rings. The molecule has 1 heterocycles. The Morgan fingerprint density at radius 3 is 2.47 bits per heavy atom. The standard InChI is InChI=1S/C26H26N6O4/c1-36-23-12-17(4-9-22(23)33)14-29-25(34)20-8-7-18-10-11-32(26(35)21(18)13-20)15-16-2-5-19(6-3-16)24(27)30-31-28/h2-13,31,33H,14-15,28H2,1H3,(H2,27,30)(H,29,34). The lowest BCUT2D eigenvalue weighted by atomic mass is 10.1. The second-order valence-electron chi connectivity index (χ2n) is 8.06. The predicted octanol–water partition coefficient (Wildman–Crippen LogP) is 1.78. The zero-order chi connectivity index (χ0) is 25.7. The maximum atomic E-state index is 13.2. The van der Waals surface area contributed by atoms with Crippen molar-refractivity contribution in [1.29, 1.82) is 0 Å². The highest BCUT2D eigenvalue weighted by Gasteiger charge is 2.11. The quantitative estimate of drug-likeness (QED) is 0.110. The van der Waals surface area contributed by atoms with E-state index in [1.807, 2.05) is 18.2 Å². The van der Waals surface area contributed by atoms with E-state index in [-0.39, 0.29) is 29.6 Å². The van der Waals surface area contributed by atoms with Crippen molar-refractivity contribution in [2.75, 3.05) is 7.11 Å². The summed E-state index contributed by atoms with van der Waals surface area (Å²) in [4.78, 5) is 26.0. The van der Waals surface area contributed by atoms with Crippen molar-refractivity contribution < 1.29 is 14.6 Å². The Kier molecular flexibility index (Phi) is 7.17. The predicted molar refractivity (Wildman–Crippen MR) is 138 cm³/mol. The van der Waals surface area contributed by atoms with Gasteiger partial charge >= 0.3 is 0 Å². The number of hydrazine groups is 1. The van der Waals surface area contributed by atoms with E-state index in [4.69, 9.17) is 16.3 Å². The third-order valence-electron chi connectivity index (χ3n) is 5.73. The van der Waals surface area contributed by atoms with E-state index < -0.39 is 0 Å². The molecule has 36 heavy (non-hydrogen) atoms. The van der Waals surface area contributed by atoms with Crippen molar-refractivity contribution in [3.63, 3.8) is 0 Å². The number of rotatable bonds is 8. The highest BCUT2D eigenvalue weighted by Crippen LogP contribution is 2.26. The second-order valence-corrected chi connectivity index (χ2v) is 8.06. The average molecular weight is 487 g/mol. The number of phenolic OH excluding ortho intramolecular Hbond substituents is 1. The van der Waals surface area contributed by atoms with Crippen LogP contribution in [0.25, 0.3) is 10.8 Å². The third kappa shape index (κ3) is 5.29. The lowest BCUT2D eigenvalue weighted by Gasteiger charge is -2.10. The fraction of sp³-hybridized carbons (Fsp3) is 0.115. The van der Waals surface area contributed by atoms with Crippen LogP contribution in [0.1, 0.15) is 27.0 Å². The summed E-state index contributed by atoms with van der Waals surface area (Å²) in [6, 6.07) is 19.0. The number of fused-ring (bicyclic) bond motifs is 1. The maximum Gasteiger partial charge on any atom is 0.258 e. The van der Waals surface area contributed by atoms with Gasteiger partial charge in [-0.2, -0.15) is 0 Å². The first-order chi connectivity index (χ1) is 17.4. The Morgan fingerprint density at radius 2 is 1.75 bits per heavy atom. The van der Waals surface area contributed by atoms with E-state index in [0.717, 1.165) is 16.5 Å². The van der Waals surface area contributed by atoms with Gasteiger partial charge in [-0.3, -0.25) is 9.59 Å². The molecule has 0 aliphatic heterocycles. The zero-order valence-electron chi connectivity index (χ0n) is 19.6. The summed E-state index contributed by atoms with van der Waals surface area (Å²) in [5, 5.41) is 17.5. The number of hydrogen-bond acceptors (Lipinski definition) is 7. The number of hydrazone groups is 1. The van der Waals surface area contributed by atoms with Gasteiger partial charge in [-0.25, -0.2) is 11.4 Å². The smallest absolute Gasteiger partial charge is 0.258 e. The van der Waals surface area contributed by atoms with Gasteiger partial charge in [0, 0.05) is 29.3 Å². The van der Waals surface area contributed by atoms with Crippen LogP contribution in [0.5, 0.6) is 11.5 Å². The molecule has 0 aliphatic carbocycles. The Hall–Kier alpha value is -4.83. The van der Waals surface area contributed by atoms with E-state index in [2.05, 4.69) is 16.0 Å². The SMILES string of the molecule is COc1cc(CNC(=O)c2ccc3ccn(Cc4ccc(/C(N)=N/NN)cc4)c(=O)c3c2)ccc1O. The molecule has 1 amide bonds. The summed E-state index contributed by atoms with van der Waals surface area (Å²) < 4.78 is 6.68. The molecule has 0 radical (unpaired) electrons. The van der Waals surface area contributed by atoms with Gasteiger partial charge in [-0.1, -0.05) is 36.4 Å². The van der Waals surface area contributed by atoms with Crippen LogP contribution < -0.4 is 32.7 Å². The number of amides is 1. The van der Waals surface area contributed by atoms with Crippen molar-refractivity contribution in [3.05, 3.63) is 106 Å². The monoisotopic (exact) mass is 486 g/mol. The summed E-state index contributed by atoms with van der Waals surface area (Å²) in [7, 11) is 1.46. The molecular formula is C26H26N6O4. The van der Waals surface area contributed by atoms with Crippen molar-refractivity contribution in [2.24, 2.45) is 16.7 Å². The van der Waals surface area contributed by atoms with Crippen LogP contribution in [-0.2, 0) is 13.1 Å². The third-order valence-corrected chi connectivity index (χ3v) is 5.73. The number of pyridine rings is 1. The molecule has 0 unspecified atom stereocenters. The lowest BCUT2D eigenvalue weighted by molar-refractivity contribution is 0.0951. The van der Waals surface area contributed by atoms with Crippen LogP contribution in [0.3, 0.4) is 0 Å². The van der Waals surface area contributed by atoms with Crippen molar-refractivity contribution in [3.8, 4) is 11.5 Å². The highest BCUT2D eigenvalue weighted by atomic mass is 16.5. The van der Waals surface area contributed by atoms with Crippen molar-refractivity contribution in [1.82, 2.24) is 15.4 Å². The normalized spacial score (nSPS) is 11.3. The fourth-order valence-electron chi connectivity index (χ4n) is 3.77. The highest BCUT2D eigenvalue weighted by molar-refractivity contribution is 5.98. The van der Waals surface area contributed by atoms with Gasteiger partial charge in [0.05, 0.1) is 13.7 Å². The first-order valence-corrected chi connectivity index (χ1v) is 11.0. The summed E-state index contributed by atoms with van der Waals surface area (Å²) in [5.41, 5.74) is 10.5. The molecule has 10 heteroatoms. The number of benzene rings is 3. The van der Waals surface area contributed by atoms with Crippen LogP contribution in [0.2, 0.25) is 0 Å². The molecule has 3 aromatic carbocycles. The number of aromatic nitrogens is 1. The number of phenols is 1. The Bertz CT molecular complexity index is 1500. The molecule has 0 atom stereocenters. The number of aromatic hydroxyl groups is 1. The number of methoxy groups -OCH3 is 1. The van der Waals surface area contributed by atoms with Gasteiger partial charge in [-0.15, -0.1) is 5.10 Å². The van der Waals surface area contributed by atoms with Gasteiger partial charge in [0.2, 0.25) is 0 Å². The molecule has 7 N–H and O–H groups in total. The van der Waals surface area contributed by atoms with E-state index >= 15 is 0 Å². The number of ether oxygens (including phenoxy) is 1. The number of carbonyl (C=O) groups excluding carboxylic acids is 1. The van der Waals surface area contributed by atoms with Crippen LogP contribution >= 0.6 is 0 Å². The molecule has 10 nitrogen and oxygen atoms in total. The Morgan fingerprint density at radius 1 is 1.03 bits per heavy atom. The minimum atomic E-state index is -0.319. The van der Waals surface area contributed by atoms with Crippen LogP contribution in [0.15, 0.2) is 82.8 Å². The molecule has 4 aromatic rings. The number of hydrogen-bond donors (Lipinski definition) is 5. The Balaban J connectivity index is 1.52. The maximum absolute atomic E-state index is 13.2. The van der Waals surface area contributed by atoms with Gasteiger partial charge in [0.1, 0.15) is 0 Å². The largest absolute Gasteiger partial charge is 0.504 e. The number of nitrogens with zero attached hydrogens (tertiary/aromatic N) is 2. The van der Waals surface area contributed by atoms with Crippen LogP contribution in [0, 0.1) is 0 Å². The topological polar surface area (TPSA) is 157 Å². The second kappa shape index (κ2) is 10.6. The van der Waals surface area contributed by atoms with Gasteiger partial charge < -0.3 is 25.5 Å².